The van der Waals surface area contributed by atoms with Crippen molar-refractivity contribution in [3.63, 3.8) is 0 Å². The van der Waals surface area contributed by atoms with Gasteiger partial charge in [-0.1, -0.05) is 6.07 Å². The lowest BCUT2D eigenvalue weighted by atomic mass is 9.95. The Balaban J connectivity index is 1.51. The summed E-state index contributed by atoms with van der Waals surface area (Å²) in [4.78, 5) is 3.95. The highest BCUT2D eigenvalue weighted by molar-refractivity contribution is 7.09. The van der Waals surface area contributed by atoms with Gasteiger partial charge in [0.2, 0.25) is 0 Å². The van der Waals surface area contributed by atoms with Gasteiger partial charge in [-0.25, -0.2) is 0 Å². The molecule has 5 heteroatoms. The second kappa shape index (κ2) is 6.75. The van der Waals surface area contributed by atoms with Crippen molar-refractivity contribution < 1.29 is 4.74 Å². The van der Waals surface area contributed by atoms with Crippen LogP contribution < -0.4 is 0 Å². The molecule has 0 N–H and O–H groups in total. The third kappa shape index (κ3) is 3.67. The minimum Gasteiger partial charge on any atom is -0.381 e. The van der Waals surface area contributed by atoms with E-state index < -0.39 is 0 Å². The molecule has 4 nitrogen and oxygen atoms in total. The zero-order valence-corrected chi connectivity index (χ0v) is 14.6. The Labute approximate surface area is 142 Å². The average Bonchev–Trinajstić information content (AvgIpc) is 3.04. The molecule has 3 heterocycles. The van der Waals surface area contributed by atoms with Gasteiger partial charge < -0.3 is 4.74 Å². The molecule has 1 aliphatic carbocycles. The molecule has 1 fully saturated rings. The molecule has 1 aliphatic heterocycles. The lowest BCUT2D eigenvalue weighted by Crippen LogP contribution is -2.34. The topological polar surface area (TPSA) is 30.3 Å². The van der Waals surface area contributed by atoms with E-state index in [4.69, 9.17) is 9.84 Å². The van der Waals surface area contributed by atoms with Gasteiger partial charge in [0.1, 0.15) is 0 Å². The maximum absolute atomic E-state index is 5.75. The monoisotopic (exact) mass is 331 g/mol. The maximum Gasteiger partial charge on any atom is 0.0801 e. The summed E-state index contributed by atoms with van der Waals surface area (Å²) >= 11 is 1.84. The van der Waals surface area contributed by atoms with Gasteiger partial charge in [0.25, 0.3) is 0 Å². The lowest BCUT2D eigenvalue weighted by molar-refractivity contribution is 0.105. The highest BCUT2D eigenvalue weighted by Crippen LogP contribution is 2.33. The summed E-state index contributed by atoms with van der Waals surface area (Å²) in [5.74, 6) is 1.32. The third-order valence-electron chi connectivity index (χ3n) is 4.79. The van der Waals surface area contributed by atoms with Gasteiger partial charge >= 0.3 is 0 Å². The van der Waals surface area contributed by atoms with E-state index in [-0.39, 0.29) is 0 Å². The van der Waals surface area contributed by atoms with Gasteiger partial charge in [0.15, 0.2) is 0 Å². The molecule has 2 aromatic heterocycles. The van der Waals surface area contributed by atoms with E-state index in [1.807, 2.05) is 11.3 Å². The van der Waals surface area contributed by atoms with Crippen LogP contribution in [0.25, 0.3) is 0 Å². The summed E-state index contributed by atoms with van der Waals surface area (Å²) < 4.78 is 7.95. The van der Waals surface area contributed by atoms with Gasteiger partial charge in [-0.05, 0) is 37.1 Å². The molecule has 2 aliphatic rings. The van der Waals surface area contributed by atoms with Crippen LogP contribution in [0.1, 0.15) is 41.8 Å². The first-order chi connectivity index (χ1) is 11.3. The molecule has 0 aromatic carbocycles. The van der Waals surface area contributed by atoms with E-state index >= 15 is 0 Å². The number of ether oxygens (including phenoxy) is 1. The molecule has 124 valence electrons. The van der Waals surface area contributed by atoms with Crippen molar-refractivity contribution in [2.45, 2.75) is 45.3 Å². The van der Waals surface area contributed by atoms with Gasteiger partial charge in [-0.3, -0.25) is 9.58 Å². The standard InChI is InChI=1S/C18H25N3OS/c1-2-22-13-15-9-20(10-16-4-3-7-23-16)12-18-17(15)11-21(19-18)8-14-5-6-14/h3-4,7,11,14-15H,2,5-6,8-10,12-13H2,1H3/t15-/m0/s1. The van der Waals surface area contributed by atoms with Crippen molar-refractivity contribution in [2.24, 2.45) is 5.92 Å². The SMILES string of the molecule is CCOC[C@@H]1CN(Cc2cccs2)Cc2nn(CC3CC3)cc21. The quantitative estimate of drug-likeness (QED) is 0.778. The summed E-state index contributed by atoms with van der Waals surface area (Å²) in [6, 6.07) is 4.36. The molecular formula is C18H25N3OS. The Kier molecular flexibility index (Phi) is 4.51. The van der Waals surface area contributed by atoms with Crippen LogP contribution in [-0.4, -0.2) is 34.4 Å². The van der Waals surface area contributed by atoms with E-state index in [1.54, 1.807) is 0 Å². The van der Waals surface area contributed by atoms with Gasteiger partial charge in [-0.15, -0.1) is 11.3 Å². The second-order valence-electron chi connectivity index (χ2n) is 6.80. The van der Waals surface area contributed by atoms with Crippen molar-refractivity contribution in [1.29, 1.82) is 0 Å². The van der Waals surface area contributed by atoms with Crippen molar-refractivity contribution in [2.75, 3.05) is 19.8 Å². The lowest BCUT2D eigenvalue weighted by Gasteiger charge is -2.31. The largest absolute Gasteiger partial charge is 0.381 e. The fraction of sp³-hybridized carbons (Fsp3) is 0.611. The highest BCUT2D eigenvalue weighted by Gasteiger charge is 2.30. The third-order valence-corrected chi connectivity index (χ3v) is 5.65. The van der Waals surface area contributed by atoms with E-state index in [0.29, 0.717) is 5.92 Å². The zero-order chi connectivity index (χ0) is 15.6. The number of hydrogen-bond acceptors (Lipinski definition) is 4. The average molecular weight is 331 g/mol. The molecule has 0 saturated heterocycles. The van der Waals surface area contributed by atoms with Crippen LogP contribution in [-0.2, 0) is 24.4 Å². The molecule has 4 rings (SSSR count). The number of fused-ring (bicyclic) bond motifs is 1. The number of hydrogen-bond donors (Lipinski definition) is 0. The second-order valence-corrected chi connectivity index (χ2v) is 7.83. The maximum atomic E-state index is 5.75. The summed E-state index contributed by atoms with van der Waals surface area (Å²) in [6.07, 6.45) is 5.04. The molecule has 0 bridgehead atoms. The Morgan fingerprint density at radius 1 is 1.39 bits per heavy atom. The molecule has 0 unspecified atom stereocenters. The van der Waals surface area contributed by atoms with Crippen LogP contribution in [0, 0.1) is 5.92 Å². The van der Waals surface area contributed by atoms with Gasteiger partial charge in [0.05, 0.1) is 12.3 Å². The van der Waals surface area contributed by atoms with Crippen LogP contribution >= 0.6 is 11.3 Å². The van der Waals surface area contributed by atoms with Gasteiger partial charge in [0, 0.05) is 55.3 Å². The van der Waals surface area contributed by atoms with Crippen molar-refractivity contribution in [3.8, 4) is 0 Å². The number of rotatable bonds is 7. The van der Waals surface area contributed by atoms with Crippen molar-refractivity contribution in [3.05, 3.63) is 39.8 Å². The molecule has 1 atom stereocenters. The van der Waals surface area contributed by atoms with Crippen LogP contribution in [0.15, 0.2) is 23.7 Å². The smallest absolute Gasteiger partial charge is 0.0801 e. The van der Waals surface area contributed by atoms with Crippen molar-refractivity contribution in [1.82, 2.24) is 14.7 Å². The number of nitrogens with zero attached hydrogens (tertiary/aromatic N) is 3. The Hall–Kier alpha value is -1.17. The normalized spacial score (nSPS) is 21.5. The zero-order valence-electron chi connectivity index (χ0n) is 13.8. The summed E-state index contributed by atoms with van der Waals surface area (Å²) in [5, 5.41) is 7.05. The van der Waals surface area contributed by atoms with E-state index in [1.165, 1.54) is 29.0 Å². The summed E-state index contributed by atoms with van der Waals surface area (Å²) in [6.45, 7) is 7.82. The first kappa shape index (κ1) is 15.4. The van der Waals surface area contributed by atoms with E-state index in [9.17, 15) is 0 Å². The minimum atomic E-state index is 0.451. The Morgan fingerprint density at radius 2 is 2.30 bits per heavy atom. The van der Waals surface area contributed by atoms with Crippen LogP contribution in [0.4, 0.5) is 0 Å². The molecule has 0 radical (unpaired) electrons. The Morgan fingerprint density at radius 3 is 3.04 bits per heavy atom. The molecular weight excluding hydrogens is 306 g/mol. The molecule has 1 saturated carbocycles. The number of aromatic nitrogens is 2. The first-order valence-corrected chi connectivity index (χ1v) is 9.58. The predicted octanol–water partition coefficient (Wildman–Crippen LogP) is 3.49. The predicted molar refractivity (Wildman–Crippen MR) is 92.6 cm³/mol. The summed E-state index contributed by atoms with van der Waals surface area (Å²) in [5.41, 5.74) is 2.68. The minimum absolute atomic E-state index is 0.451. The molecule has 0 spiro atoms. The molecule has 0 amide bonds. The fourth-order valence-corrected chi connectivity index (χ4v) is 4.18. The Bertz CT molecular complexity index is 633. The van der Waals surface area contributed by atoms with Gasteiger partial charge in [-0.2, -0.15) is 5.10 Å². The highest BCUT2D eigenvalue weighted by atomic mass is 32.1. The molecule has 23 heavy (non-hydrogen) atoms. The molecule has 2 aromatic rings. The first-order valence-electron chi connectivity index (χ1n) is 8.70. The van der Waals surface area contributed by atoms with E-state index in [0.717, 1.165) is 45.3 Å². The number of thiophene rings is 1. The van der Waals surface area contributed by atoms with Crippen molar-refractivity contribution >= 4 is 11.3 Å². The summed E-state index contributed by atoms with van der Waals surface area (Å²) in [7, 11) is 0. The van der Waals surface area contributed by atoms with Crippen LogP contribution in [0.5, 0.6) is 0 Å². The van der Waals surface area contributed by atoms with Crippen LogP contribution in [0.3, 0.4) is 0 Å². The van der Waals surface area contributed by atoms with Crippen LogP contribution in [0.2, 0.25) is 0 Å². The van der Waals surface area contributed by atoms with E-state index in [2.05, 4.69) is 40.2 Å². The fourth-order valence-electron chi connectivity index (χ4n) is 3.43.